The monoisotopic (exact) mass is 470 g/mol. The van der Waals surface area contributed by atoms with Gasteiger partial charge in [0.2, 0.25) is 5.88 Å². The van der Waals surface area contributed by atoms with E-state index >= 15 is 0 Å². The van der Waals surface area contributed by atoms with E-state index in [9.17, 15) is 9.18 Å². The predicted octanol–water partition coefficient (Wildman–Crippen LogP) is 4.34. The Morgan fingerprint density at radius 1 is 1.06 bits per heavy atom. The molecule has 1 amide bonds. The van der Waals surface area contributed by atoms with Crippen molar-refractivity contribution in [1.82, 2.24) is 20.1 Å². The van der Waals surface area contributed by atoms with Gasteiger partial charge in [-0.2, -0.15) is 5.10 Å². The summed E-state index contributed by atoms with van der Waals surface area (Å²) >= 11 is 0. The number of aryl methyl sites for hydroxylation is 1. The second kappa shape index (κ2) is 8.87. The summed E-state index contributed by atoms with van der Waals surface area (Å²) in [5.74, 6) is 0.702. The first-order valence-electron chi connectivity index (χ1n) is 11.6. The third-order valence-corrected chi connectivity index (χ3v) is 6.41. The molecule has 0 fully saturated rings. The lowest BCUT2D eigenvalue weighted by molar-refractivity contribution is 0.0909. The zero-order chi connectivity index (χ0) is 23.8. The molecule has 0 spiro atoms. The van der Waals surface area contributed by atoms with Gasteiger partial charge in [0.15, 0.2) is 5.69 Å². The van der Waals surface area contributed by atoms with Gasteiger partial charge >= 0.3 is 0 Å². The van der Waals surface area contributed by atoms with E-state index in [-0.39, 0.29) is 23.5 Å². The molecule has 2 aliphatic heterocycles. The van der Waals surface area contributed by atoms with Crippen LogP contribution in [0.2, 0.25) is 0 Å². The van der Waals surface area contributed by atoms with Crippen molar-refractivity contribution in [1.29, 1.82) is 0 Å². The quantitative estimate of drug-likeness (QED) is 0.480. The number of benzene rings is 2. The fourth-order valence-corrected chi connectivity index (χ4v) is 4.64. The lowest BCUT2D eigenvalue weighted by atomic mass is 9.97. The molecule has 176 valence electrons. The van der Waals surface area contributed by atoms with Gasteiger partial charge in [-0.1, -0.05) is 24.3 Å². The molecule has 6 rings (SSSR count). The summed E-state index contributed by atoms with van der Waals surface area (Å²) in [7, 11) is 0. The van der Waals surface area contributed by atoms with Crippen LogP contribution in [-0.2, 0) is 13.0 Å². The number of hydrogen-bond acceptors (Lipinski definition) is 5. The molecule has 7 nitrogen and oxygen atoms in total. The first-order chi connectivity index (χ1) is 17.1. The van der Waals surface area contributed by atoms with Crippen LogP contribution in [0.1, 0.15) is 34.1 Å². The number of fused-ring (bicyclic) bond motifs is 2. The second-order valence-electron chi connectivity index (χ2n) is 8.75. The Bertz CT molecular complexity index is 1390. The minimum Gasteiger partial charge on any atom is -0.491 e. The van der Waals surface area contributed by atoms with Crippen molar-refractivity contribution in [2.75, 3.05) is 6.61 Å². The lowest BCUT2D eigenvalue weighted by Crippen LogP contribution is -2.42. The van der Waals surface area contributed by atoms with E-state index in [0.717, 1.165) is 22.4 Å². The van der Waals surface area contributed by atoms with Crippen LogP contribution in [0, 0.1) is 5.82 Å². The van der Waals surface area contributed by atoms with E-state index in [2.05, 4.69) is 21.5 Å². The van der Waals surface area contributed by atoms with E-state index in [1.807, 2.05) is 24.3 Å². The molecule has 0 radical (unpaired) electrons. The van der Waals surface area contributed by atoms with Crippen molar-refractivity contribution >= 4 is 5.91 Å². The highest BCUT2D eigenvalue weighted by atomic mass is 19.1. The Labute approximate surface area is 201 Å². The van der Waals surface area contributed by atoms with Crippen molar-refractivity contribution in [3.8, 4) is 22.8 Å². The lowest BCUT2D eigenvalue weighted by Gasteiger charge is -2.26. The zero-order valence-corrected chi connectivity index (χ0v) is 18.9. The van der Waals surface area contributed by atoms with Crippen LogP contribution in [0.15, 0.2) is 73.1 Å². The number of hydrogen-bond donors (Lipinski definition) is 1. The Morgan fingerprint density at radius 2 is 1.91 bits per heavy atom. The van der Waals surface area contributed by atoms with Crippen molar-refractivity contribution in [2.24, 2.45) is 0 Å². The van der Waals surface area contributed by atoms with Crippen LogP contribution in [0.25, 0.3) is 11.1 Å². The summed E-state index contributed by atoms with van der Waals surface area (Å²) in [4.78, 5) is 17.0. The van der Waals surface area contributed by atoms with Crippen molar-refractivity contribution < 1.29 is 18.7 Å². The number of aromatic nitrogens is 3. The molecular weight excluding hydrogens is 447 g/mol. The minimum absolute atomic E-state index is 0.187. The second-order valence-corrected chi connectivity index (χ2v) is 8.75. The summed E-state index contributed by atoms with van der Waals surface area (Å²) in [6.45, 7) is 0.923. The topological polar surface area (TPSA) is 78.3 Å². The first-order valence-corrected chi connectivity index (χ1v) is 11.6. The highest BCUT2D eigenvalue weighted by molar-refractivity contribution is 5.92. The Morgan fingerprint density at radius 3 is 2.77 bits per heavy atom. The summed E-state index contributed by atoms with van der Waals surface area (Å²) in [6, 6.07) is 18.0. The van der Waals surface area contributed by atoms with Crippen molar-refractivity contribution in [3.05, 3.63) is 95.7 Å². The van der Waals surface area contributed by atoms with Gasteiger partial charge in [-0.15, -0.1) is 0 Å². The molecule has 0 saturated carbocycles. The van der Waals surface area contributed by atoms with E-state index in [1.165, 1.54) is 6.07 Å². The molecule has 8 heteroatoms. The number of halogens is 1. The molecule has 2 aliphatic rings. The molecule has 35 heavy (non-hydrogen) atoms. The highest BCUT2D eigenvalue weighted by Gasteiger charge is 2.28. The van der Waals surface area contributed by atoms with Gasteiger partial charge in [-0.3, -0.25) is 9.78 Å². The van der Waals surface area contributed by atoms with E-state index in [4.69, 9.17) is 9.47 Å². The number of pyridine rings is 1. The number of nitrogens with zero attached hydrogens (tertiary/aromatic N) is 3. The molecule has 0 aliphatic carbocycles. The summed E-state index contributed by atoms with van der Waals surface area (Å²) in [6.07, 6.45) is 4.35. The molecule has 4 aromatic rings. The van der Waals surface area contributed by atoms with Gasteiger partial charge in [0, 0.05) is 37.0 Å². The molecule has 2 atom stereocenters. The number of rotatable bonds is 4. The SMILES string of the molecule is O=C(N[C@H]1COc2ccc(-c3ccncc3)cc2C1)c1cc2n(n1)CCC(c1ccccc1F)O2. The maximum Gasteiger partial charge on any atom is 0.272 e. The fourth-order valence-electron chi connectivity index (χ4n) is 4.64. The van der Waals surface area contributed by atoms with Gasteiger partial charge < -0.3 is 14.8 Å². The normalized spacial score (nSPS) is 18.5. The molecule has 4 heterocycles. The standard InChI is InChI=1S/C27H23FN4O3/c28-22-4-2-1-3-21(22)25-9-12-32-26(35-25)15-23(31-32)27(33)30-20-14-19-13-18(5-6-24(19)34-16-20)17-7-10-29-11-8-17/h1-8,10-11,13,15,20,25H,9,12,14,16H2,(H,30,33)/t20-,25?/m1/s1. The smallest absolute Gasteiger partial charge is 0.272 e. The zero-order valence-electron chi connectivity index (χ0n) is 18.9. The fraction of sp³-hybridized carbons (Fsp3) is 0.222. The van der Waals surface area contributed by atoms with E-state index in [1.54, 1.807) is 41.3 Å². The maximum atomic E-state index is 14.2. The molecule has 0 saturated heterocycles. The Kier molecular flexibility index (Phi) is 5.41. The molecule has 1 unspecified atom stereocenters. The number of carbonyl (C=O) groups excluding carboxylic acids is 1. The van der Waals surface area contributed by atoms with Crippen molar-refractivity contribution in [3.63, 3.8) is 0 Å². The molecule has 2 aromatic heterocycles. The Hall–Kier alpha value is -4.20. The first kappa shape index (κ1) is 21.3. The molecular formula is C27H23FN4O3. The van der Waals surface area contributed by atoms with Gasteiger partial charge in [0.1, 0.15) is 24.3 Å². The summed E-state index contributed by atoms with van der Waals surface area (Å²) < 4.78 is 27.7. The largest absolute Gasteiger partial charge is 0.491 e. The van der Waals surface area contributed by atoms with Crippen LogP contribution < -0.4 is 14.8 Å². The number of ether oxygens (including phenoxy) is 2. The average molecular weight is 471 g/mol. The van der Waals surface area contributed by atoms with E-state index < -0.39 is 6.10 Å². The van der Waals surface area contributed by atoms with Gasteiger partial charge in [-0.05, 0) is 53.4 Å². The number of carbonyl (C=O) groups is 1. The maximum absolute atomic E-state index is 14.2. The molecule has 2 aromatic carbocycles. The van der Waals surface area contributed by atoms with Crippen LogP contribution >= 0.6 is 0 Å². The third-order valence-electron chi connectivity index (χ3n) is 6.41. The molecule has 0 bridgehead atoms. The highest BCUT2D eigenvalue weighted by Crippen LogP contribution is 2.33. The van der Waals surface area contributed by atoms with Crippen molar-refractivity contribution in [2.45, 2.75) is 31.5 Å². The van der Waals surface area contributed by atoms with E-state index in [0.29, 0.717) is 37.4 Å². The average Bonchev–Trinajstić information content (AvgIpc) is 3.33. The van der Waals surface area contributed by atoms with Crippen LogP contribution in [-0.4, -0.2) is 33.3 Å². The third kappa shape index (κ3) is 4.23. The predicted molar refractivity (Wildman–Crippen MR) is 127 cm³/mol. The summed E-state index contributed by atoms with van der Waals surface area (Å²) in [5, 5.41) is 7.44. The minimum atomic E-state index is -0.408. The van der Waals surface area contributed by atoms with Crippen LogP contribution in [0.3, 0.4) is 0 Å². The number of amides is 1. The van der Waals surface area contributed by atoms with Gasteiger partial charge in [-0.25, -0.2) is 9.07 Å². The van der Waals surface area contributed by atoms with Gasteiger partial charge in [0.05, 0.1) is 6.04 Å². The van der Waals surface area contributed by atoms with Crippen LogP contribution in [0.4, 0.5) is 4.39 Å². The van der Waals surface area contributed by atoms with Crippen LogP contribution in [0.5, 0.6) is 11.6 Å². The van der Waals surface area contributed by atoms with Gasteiger partial charge in [0.25, 0.3) is 5.91 Å². The summed E-state index contributed by atoms with van der Waals surface area (Å²) in [5.41, 5.74) is 3.97. The Balaban J connectivity index is 1.14. The molecule has 1 N–H and O–H groups in total. The number of nitrogens with one attached hydrogen (secondary N) is 1.